The Bertz CT molecular complexity index is 883. The number of nitrogens with one attached hydrogen (secondary N) is 1. The summed E-state index contributed by atoms with van der Waals surface area (Å²) < 4.78 is 0. The van der Waals surface area contributed by atoms with Crippen molar-refractivity contribution in [2.75, 3.05) is 0 Å². The number of H-pyrrole nitrogens is 1. The maximum Gasteiger partial charge on any atom is 0.205 e. The SMILES string of the molecule is Cc1cc(-c2ccc(Cl)cc2-c2nn[nH]n2)c(O)c(C(C)(C)C)c1. The van der Waals surface area contributed by atoms with E-state index in [-0.39, 0.29) is 11.2 Å². The van der Waals surface area contributed by atoms with Crippen molar-refractivity contribution in [2.24, 2.45) is 0 Å². The zero-order valence-corrected chi connectivity index (χ0v) is 14.8. The number of aromatic amines is 1. The van der Waals surface area contributed by atoms with E-state index in [0.717, 1.165) is 27.8 Å². The van der Waals surface area contributed by atoms with E-state index in [1.54, 1.807) is 12.1 Å². The van der Waals surface area contributed by atoms with Gasteiger partial charge in [0.2, 0.25) is 5.82 Å². The Labute approximate surface area is 145 Å². The third kappa shape index (κ3) is 2.99. The molecule has 0 aliphatic rings. The van der Waals surface area contributed by atoms with Gasteiger partial charge in [-0.05, 0) is 46.9 Å². The highest BCUT2D eigenvalue weighted by Crippen LogP contribution is 2.42. The third-order valence-electron chi connectivity index (χ3n) is 3.92. The number of aromatic hydroxyl groups is 1. The summed E-state index contributed by atoms with van der Waals surface area (Å²) in [6.45, 7) is 8.25. The Hall–Kier alpha value is -2.40. The molecule has 1 aromatic heterocycles. The molecule has 0 fully saturated rings. The van der Waals surface area contributed by atoms with Crippen LogP contribution in [0.2, 0.25) is 5.02 Å². The fourth-order valence-corrected chi connectivity index (χ4v) is 2.94. The number of hydrogen-bond donors (Lipinski definition) is 2. The Morgan fingerprint density at radius 3 is 2.42 bits per heavy atom. The van der Waals surface area contributed by atoms with Gasteiger partial charge in [-0.15, -0.1) is 10.2 Å². The van der Waals surface area contributed by atoms with Gasteiger partial charge in [0, 0.05) is 21.7 Å². The first-order chi connectivity index (χ1) is 11.3. The molecule has 0 amide bonds. The predicted molar refractivity (Wildman–Crippen MR) is 95.2 cm³/mol. The summed E-state index contributed by atoms with van der Waals surface area (Å²) in [7, 11) is 0. The van der Waals surface area contributed by atoms with Gasteiger partial charge in [-0.1, -0.05) is 44.5 Å². The molecule has 0 unspecified atom stereocenters. The van der Waals surface area contributed by atoms with Gasteiger partial charge in [0.1, 0.15) is 5.75 Å². The second kappa shape index (κ2) is 5.91. The van der Waals surface area contributed by atoms with Crippen LogP contribution < -0.4 is 0 Å². The Morgan fingerprint density at radius 1 is 1.04 bits per heavy atom. The number of aromatic nitrogens is 4. The highest BCUT2D eigenvalue weighted by atomic mass is 35.5. The van der Waals surface area contributed by atoms with E-state index >= 15 is 0 Å². The number of nitrogens with zero attached hydrogens (tertiary/aromatic N) is 3. The summed E-state index contributed by atoms with van der Waals surface area (Å²) in [6, 6.07) is 9.41. The van der Waals surface area contributed by atoms with Crippen molar-refractivity contribution >= 4 is 11.6 Å². The third-order valence-corrected chi connectivity index (χ3v) is 4.16. The summed E-state index contributed by atoms with van der Waals surface area (Å²) in [5, 5.41) is 25.6. The number of rotatable bonds is 2. The van der Waals surface area contributed by atoms with Crippen LogP contribution >= 0.6 is 11.6 Å². The molecule has 0 bridgehead atoms. The molecule has 124 valence electrons. The summed E-state index contributed by atoms with van der Waals surface area (Å²) in [5.74, 6) is 0.700. The van der Waals surface area contributed by atoms with Crippen molar-refractivity contribution in [1.82, 2.24) is 20.6 Å². The van der Waals surface area contributed by atoms with Crippen LogP contribution in [0.3, 0.4) is 0 Å². The van der Waals surface area contributed by atoms with E-state index in [4.69, 9.17) is 11.6 Å². The topological polar surface area (TPSA) is 74.7 Å². The molecule has 2 N–H and O–H groups in total. The van der Waals surface area contributed by atoms with Crippen LogP contribution in [0.4, 0.5) is 0 Å². The van der Waals surface area contributed by atoms with Gasteiger partial charge in [-0.25, -0.2) is 0 Å². The second-order valence-corrected chi connectivity index (χ2v) is 7.32. The van der Waals surface area contributed by atoms with Gasteiger partial charge >= 0.3 is 0 Å². The molecule has 0 saturated heterocycles. The highest BCUT2D eigenvalue weighted by Gasteiger charge is 2.23. The minimum atomic E-state index is -0.177. The van der Waals surface area contributed by atoms with Crippen molar-refractivity contribution in [2.45, 2.75) is 33.1 Å². The molecular weight excluding hydrogens is 324 g/mol. The molecule has 24 heavy (non-hydrogen) atoms. The van der Waals surface area contributed by atoms with E-state index in [9.17, 15) is 5.11 Å². The second-order valence-electron chi connectivity index (χ2n) is 6.88. The normalized spacial score (nSPS) is 11.7. The Kier molecular flexibility index (Phi) is 4.05. The molecule has 5 nitrogen and oxygen atoms in total. The first-order valence-electron chi connectivity index (χ1n) is 7.65. The first-order valence-corrected chi connectivity index (χ1v) is 8.03. The number of benzene rings is 2. The Morgan fingerprint density at radius 2 is 1.79 bits per heavy atom. The minimum Gasteiger partial charge on any atom is -0.507 e. The van der Waals surface area contributed by atoms with Crippen LogP contribution in [-0.4, -0.2) is 25.7 Å². The zero-order valence-electron chi connectivity index (χ0n) is 14.1. The molecule has 3 rings (SSSR count). The van der Waals surface area contributed by atoms with Crippen LogP contribution in [0.5, 0.6) is 5.75 Å². The van der Waals surface area contributed by atoms with Crippen LogP contribution in [0.1, 0.15) is 31.9 Å². The first kappa shape index (κ1) is 16.5. The quantitative estimate of drug-likeness (QED) is 0.719. The summed E-state index contributed by atoms with van der Waals surface area (Å²) in [5.41, 5.74) is 4.05. The number of phenolic OH excluding ortho intramolecular Hbond substituents is 1. The summed E-state index contributed by atoms with van der Waals surface area (Å²) in [6.07, 6.45) is 0. The number of tetrazole rings is 1. The smallest absolute Gasteiger partial charge is 0.205 e. The van der Waals surface area contributed by atoms with Gasteiger partial charge < -0.3 is 5.11 Å². The summed E-state index contributed by atoms with van der Waals surface area (Å²) in [4.78, 5) is 0. The van der Waals surface area contributed by atoms with Gasteiger partial charge in [0.25, 0.3) is 0 Å². The lowest BCUT2D eigenvalue weighted by Crippen LogP contribution is -2.12. The maximum atomic E-state index is 10.9. The van der Waals surface area contributed by atoms with Crippen molar-refractivity contribution in [1.29, 1.82) is 0 Å². The maximum absolute atomic E-state index is 10.9. The molecule has 0 atom stereocenters. The molecular formula is C18H19ClN4O. The van der Waals surface area contributed by atoms with Crippen molar-refractivity contribution in [3.8, 4) is 28.3 Å². The minimum absolute atomic E-state index is 0.177. The Balaban J connectivity index is 2.30. The largest absolute Gasteiger partial charge is 0.507 e. The van der Waals surface area contributed by atoms with E-state index < -0.39 is 0 Å². The average molecular weight is 343 g/mol. The van der Waals surface area contributed by atoms with E-state index in [1.807, 2.05) is 25.1 Å². The monoisotopic (exact) mass is 342 g/mol. The number of hydrogen-bond acceptors (Lipinski definition) is 4. The lowest BCUT2D eigenvalue weighted by molar-refractivity contribution is 0.448. The average Bonchev–Trinajstić information content (AvgIpc) is 3.02. The van der Waals surface area contributed by atoms with Gasteiger partial charge in [0.15, 0.2) is 0 Å². The predicted octanol–water partition coefficient (Wildman–Crippen LogP) is 4.50. The van der Waals surface area contributed by atoms with E-state index in [2.05, 4.69) is 41.4 Å². The molecule has 3 aromatic rings. The zero-order chi connectivity index (χ0) is 17.5. The van der Waals surface area contributed by atoms with E-state index in [0.29, 0.717) is 10.8 Å². The fourth-order valence-electron chi connectivity index (χ4n) is 2.77. The molecule has 0 aliphatic heterocycles. The van der Waals surface area contributed by atoms with Gasteiger partial charge in [-0.2, -0.15) is 5.21 Å². The standard InChI is InChI=1S/C18H19ClN4O/c1-10-7-13(16(24)15(8-10)18(2,3)4)12-6-5-11(19)9-14(12)17-20-22-23-21-17/h5-9,24H,1-4H3,(H,20,21,22,23). The van der Waals surface area contributed by atoms with Gasteiger partial charge in [0.05, 0.1) is 0 Å². The lowest BCUT2D eigenvalue weighted by Gasteiger charge is -2.23. The molecule has 0 spiro atoms. The van der Waals surface area contributed by atoms with Crippen molar-refractivity contribution in [3.63, 3.8) is 0 Å². The van der Waals surface area contributed by atoms with Crippen LogP contribution in [0, 0.1) is 6.92 Å². The van der Waals surface area contributed by atoms with Crippen LogP contribution in [-0.2, 0) is 5.41 Å². The molecule has 1 heterocycles. The lowest BCUT2D eigenvalue weighted by atomic mass is 9.82. The van der Waals surface area contributed by atoms with Gasteiger partial charge in [-0.3, -0.25) is 0 Å². The number of halogens is 1. The van der Waals surface area contributed by atoms with E-state index in [1.165, 1.54) is 0 Å². The number of aryl methyl sites for hydroxylation is 1. The fraction of sp³-hybridized carbons (Fsp3) is 0.278. The molecule has 0 radical (unpaired) electrons. The van der Waals surface area contributed by atoms with Crippen molar-refractivity contribution < 1.29 is 5.11 Å². The molecule has 2 aromatic carbocycles. The molecule has 6 heteroatoms. The number of phenols is 1. The van der Waals surface area contributed by atoms with Crippen LogP contribution in [0.15, 0.2) is 30.3 Å². The molecule has 0 aliphatic carbocycles. The van der Waals surface area contributed by atoms with Crippen molar-refractivity contribution in [3.05, 3.63) is 46.5 Å². The molecule has 0 saturated carbocycles. The van der Waals surface area contributed by atoms with Crippen LogP contribution in [0.25, 0.3) is 22.5 Å². The summed E-state index contributed by atoms with van der Waals surface area (Å²) >= 11 is 6.15. The highest BCUT2D eigenvalue weighted by molar-refractivity contribution is 6.31.